The maximum Gasteiger partial charge on any atom is 0.279 e. The van der Waals surface area contributed by atoms with Gasteiger partial charge >= 0.3 is 0 Å². The predicted octanol–water partition coefficient (Wildman–Crippen LogP) is 2.15. The van der Waals surface area contributed by atoms with E-state index in [9.17, 15) is 13.2 Å². The normalized spacial score (nSPS) is 11.7. The van der Waals surface area contributed by atoms with Crippen LogP contribution in [0.2, 0.25) is 5.02 Å². The Morgan fingerprint density at radius 1 is 1.27 bits per heavy atom. The van der Waals surface area contributed by atoms with Crippen LogP contribution in [0.5, 0.6) is 0 Å². The molecule has 0 aliphatic rings. The second-order valence-electron chi connectivity index (χ2n) is 4.69. The summed E-state index contributed by atoms with van der Waals surface area (Å²) in [6.45, 7) is 6.15. The first kappa shape index (κ1) is 18.9. The van der Waals surface area contributed by atoms with Gasteiger partial charge in [-0.15, -0.1) is 0 Å². The molecular weight excluding hydrogens is 326 g/mol. The number of carbonyl (C=O) groups excluding carboxylic acids is 1. The minimum absolute atomic E-state index is 0.0459. The van der Waals surface area contributed by atoms with Crippen LogP contribution in [-0.2, 0) is 15.0 Å². The van der Waals surface area contributed by atoms with Gasteiger partial charge in [-0.1, -0.05) is 31.5 Å². The van der Waals surface area contributed by atoms with E-state index in [0.29, 0.717) is 23.8 Å². The van der Waals surface area contributed by atoms with Crippen LogP contribution in [0.4, 0.5) is 5.69 Å². The van der Waals surface area contributed by atoms with Crippen molar-refractivity contribution in [3.8, 4) is 0 Å². The lowest BCUT2D eigenvalue weighted by molar-refractivity contribution is -0.116. The van der Waals surface area contributed by atoms with Gasteiger partial charge in [0, 0.05) is 36.8 Å². The van der Waals surface area contributed by atoms with Crippen molar-refractivity contribution in [3.63, 3.8) is 0 Å². The van der Waals surface area contributed by atoms with Gasteiger partial charge in [0.1, 0.15) is 0 Å². The van der Waals surface area contributed by atoms with Gasteiger partial charge in [-0.25, -0.2) is 4.72 Å². The fraction of sp³-hybridized carbons (Fsp3) is 0.500. The molecule has 1 rings (SSSR count). The number of nitrogens with zero attached hydrogens (tertiary/aromatic N) is 1. The molecule has 0 aliphatic carbocycles. The fourth-order valence-corrected chi connectivity index (χ4v) is 3.30. The van der Waals surface area contributed by atoms with Crippen molar-refractivity contribution in [2.45, 2.75) is 27.2 Å². The van der Waals surface area contributed by atoms with Crippen LogP contribution < -0.4 is 10.0 Å². The zero-order valence-corrected chi connectivity index (χ0v) is 14.6. The Morgan fingerprint density at radius 2 is 1.91 bits per heavy atom. The van der Waals surface area contributed by atoms with Crippen LogP contribution >= 0.6 is 11.6 Å². The molecule has 8 heteroatoms. The fourth-order valence-electron chi connectivity index (χ4n) is 1.90. The van der Waals surface area contributed by atoms with Crippen molar-refractivity contribution in [1.82, 2.24) is 9.03 Å². The molecule has 6 nitrogen and oxygen atoms in total. The molecule has 0 atom stereocenters. The van der Waals surface area contributed by atoms with Gasteiger partial charge in [-0.05, 0) is 24.6 Å². The van der Waals surface area contributed by atoms with E-state index >= 15 is 0 Å². The molecular formula is C14H22ClN3O3S. The van der Waals surface area contributed by atoms with Crippen LogP contribution in [0, 0.1) is 6.92 Å². The molecule has 1 aromatic carbocycles. The van der Waals surface area contributed by atoms with Crippen molar-refractivity contribution in [2.24, 2.45) is 0 Å². The molecule has 0 bridgehead atoms. The number of nitrogens with one attached hydrogen (secondary N) is 2. The highest BCUT2D eigenvalue weighted by atomic mass is 35.5. The van der Waals surface area contributed by atoms with Crippen LogP contribution in [0.3, 0.4) is 0 Å². The summed E-state index contributed by atoms with van der Waals surface area (Å²) in [5.74, 6) is -0.271. The van der Waals surface area contributed by atoms with Crippen molar-refractivity contribution in [1.29, 1.82) is 0 Å². The van der Waals surface area contributed by atoms with Gasteiger partial charge in [0.15, 0.2) is 0 Å². The van der Waals surface area contributed by atoms with E-state index in [1.54, 1.807) is 39.0 Å². The lowest BCUT2D eigenvalue weighted by atomic mass is 10.2. The summed E-state index contributed by atoms with van der Waals surface area (Å²) in [5, 5.41) is 3.29. The van der Waals surface area contributed by atoms with Gasteiger partial charge in [0.05, 0.1) is 0 Å². The summed E-state index contributed by atoms with van der Waals surface area (Å²) in [4.78, 5) is 11.9. The Labute approximate surface area is 137 Å². The molecule has 1 aromatic rings. The summed E-state index contributed by atoms with van der Waals surface area (Å²) in [5.41, 5.74) is 1.41. The van der Waals surface area contributed by atoms with Crippen molar-refractivity contribution < 1.29 is 13.2 Å². The third-order valence-corrected chi connectivity index (χ3v) is 5.40. The van der Waals surface area contributed by atoms with E-state index in [1.165, 1.54) is 4.31 Å². The molecule has 1 amide bonds. The average molecular weight is 348 g/mol. The summed E-state index contributed by atoms with van der Waals surface area (Å²) in [6, 6.07) is 5.23. The molecule has 124 valence electrons. The standard InChI is InChI=1S/C14H22ClN3O3S/c1-4-18(5-2)22(20,21)16-10-9-14(19)17-13-8-6-7-12(15)11(13)3/h6-8,16H,4-5,9-10H2,1-3H3,(H,17,19). The van der Waals surface area contributed by atoms with Crippen molar-refractivity contribution in [2.75, 3.05) is 25.0 Å². The lowest BCUT2D eigenvalue weighted by Gasteiger charge is -2.18. The largest absolute Gasteiger partial charge is 0.326 e. The highest BCUT2D eigenvalue weighted by molar-refractivity contribution is 7.87. The van der Waals surface area contributed by atoms with Gasteiger partial charge in [0.2, 0.25) is 5.91 Å². The number of amides is 1. The van der Waals surface area contributed by atoms with Gasteiger partial charge in [-0.3, -0.25) is 4.79 Å². The number of anilines is 1. The van der Waals surface area contributed by atoms with Gasteiger partial charge in [0.25, 0.3) is 10.2 Å². The molecule has 0 aromatic heterocycles. The number of benzene rings is 1. The van der Waals surface area contributed by atoms with Crippen LogP contribution in [0.1, 0.15) is 25.8 Å². The first-order valence-electron chi connectivity index (χ1n) is 7.11. The highest BCUT2D eigenvalue weighted by Crippen LogP contribution is 2.22. The first-order valence-corrected chi connectivity index (χ1v) is 8.93. The quantitative estimate of drug-likeness (QED) is 0.756. The second kappa shape index (κ2) is 8.47. The summed E-state index contributed by atoms with van der Waals surface area (Å²) in [7, 11) is -3.52. The summed E-state index contributed by atoms with van der Waals surface area (Å²) >= 11 is 5.98. The molecule has 0 radical (unpaired) electrons. The SMILES string of the molecule is CCN(CC)S(=O)(=O)NCCC(=O)Nc1cccc(Cl)c1C. The third kappa shape index (κ3) is 5.24. The highest BCUT2D eigenvalue weighted by Gasteiger charge is 2.18. The summed E-state index contributed by atoms with van der Waals surface area (Å²) in [6.07, 6.45) is 0.0481. The molecule has 22 heavy (non-hydrogen) atoms. The molecule has 2 N–H and O–H groups in total. The smallest absolute Gasteiger partial charge is 0.279 e. The average Bonchev–Trinajstić information content (AvgIpc) is 2.44. The second-order valence-corrected chi connectivity index (χ2v) is 6.86. The molecule has 0 fully saturated rings. The van der Waals surface area contributed by atoms with E-state index in [2.05, 4.69) is 10.0 Å². The number of hydrogen-bond acceptors (Lipinski definition) is 3. The maximum atomic E-state index is 11.9. The van der Waals surface area contributed by atoms with Gasteiger partial charge in [-0.2, -0.15) is 12.7 Å². The Balaban J connectivity index is 2.52. The number of rotatable bonds is 8. The topological polar surface area (TPSA) is 78.5 Å². The molecule has 0 spiro atoms. The minimum Gasteiger partial charge on any atom is -0.326 e. The molecule has 0 aliphatic heterocycles. The number of hydrogen-bond donors (Lipinski definition) is 2. The zero-order chi connectivity index (χ0) is 16.8. The van der Waals surface area contributed by atoms with Crippen LogP contribution in [0.25, 0.3) is 0 Å². The van der Waals surface area contributed by atoms with E-state index in [1.807, 2.05) is 0 Å². The molecule has 0 heterocycles. The number of carbonyl (C=O) groups is 1. The van der Waals surface area contributed by atoms with Crippen LogP contribution in [0.15, 0.2) is 18.2 Å². The summed E-state index contributed by atoms with van der Waals surface area (Å²) < 4.78 is 27.5. The Hall–Kier alpha value is -1.15. The Morgan fingerprint density at radius 3 is 2.50 bits per heavy atom. The van der Waals surface area contributed by atoms with Gasteiger partial charge < -0.3 is 5.32 Å². The van der Waals surface area contributed by atoms with Crippen LogP contribution in [-0.4, -0.2) is 38.3 Å². The van der Waals surface area contributed by atoms with E-state index in [-0.39, 0.29) is 18.9 Å². The lowest BCUT2D eigenvalue weighted by Crippen LogP contribution is -2.41. The Bertz CT molecular complexity index is 616. The molecule has 0 saturated heterocycles. The monoisotopic (exact) mass is 347 g/mol. The zero-order valence-electron chi connectivity index (χ0n) is 13.0. The maximum absolute atomic E-state index is 11.9. The van der Waals surface area contributed by atoms with Crippen molar-refractivity contribution in [3.05, 3.63) is 28.8 Å². The van der Waals surface area contributed by atoms with E-state index in [4.69, 9.17) is 11.6 Å². The Kier molecular flexibility index (Phi) is 7.28. The first-order chi connectivity index (χ1) is 10.3. The van der Waals surface area contributed by atoms with Crippen molar-refractivity contribution >= 4 is 33.4 Å². The van der Waals surface area contributed by atoms with E-state index in [0.717, 1.165) is 5.56 Å². The third-order valence-electron chi connectivity index (χ3n) is 3.22. The minimum atomic E-state index is -3.52. The van der Waals surface area contributed by atoms with E-state index < -0.39 is 10.2 Å². The number of halogens is 1. The molecule has 0 unspecified atom stereocenters. The predicted molar refractivity (Wildman–Crippen MR) is 89.3 cm³/mol. The molecule has 0 saturated carbocycles.